The van der Waals surface area contributed by atoms with Crippen LogP contribution in [0.25, 0.3) is 0 Å². The molecule has 0 radical (unpaired) electrons. The largest absolute Gasteiger partial charge is 0.390 e. The zero-order chi connectivity index (χ0) is 14.2. The van der Waals surface area contributed by atoms with Crippen LogP contribution in [-0.2, 0) is 12.8 Å². The van der Waals surface area contributed by atoms with Gasteiger partial charge < -0.3 is 10.2 Å². The second kappa shape index (κ2) is 7.83. The smallest absolute Gasteiger partial charge is 0.0802 e. The molecular formula is C18H22O2. The molecule has 106 valence electrons. The number of hydrogen-bond acceptors (Lipinski definition) is 2. The van der Waals surface area contributed by atoms with E-state index in [9.17, 15) is 10.2 Å². The first kappa shape index (κ1) is 14.8. The van der Waals surface area contributed by atoms with E-state index in [0.717, 1.165) is 12.8 Å². The van der Waals surface area contributed by atoms with Crippen LogP contribution in [0.2, 0.25) is 0 Å². The van der Waals surface area contributed by atoms with Gasteiger partial charge in [-0.05, 0) is 36.8 Å². The number of aliphatic hydroxyl groups is 2. The number of aliphatic hydroxyl groups excluding tert-OH is 2. The highest BCUT2D eigenvalue weighted by Gasteiger charge is 2.15. The van der Waals surface area contributed by atoms with E-state index in [4.69, 9.17) is 0 Å². The Labute approximate surface area is 120 Å². The summed E-state index contributed by atoms with van der Waals surface area (Å²) in [5, 5.41) is 20.0. The maximum Gasteiger partial charge on any atom is 0.0802 e. The van der Waals surface area contributed by atoms with Crippen LogP contribution >= 0.6 is 0 Å². The van der Waals surface area contributed by atoms with Gasteiger partial charge in [0.25, 0.3) is 0 Å². The van der Waals surface area contributed by atoms with Crippen LogP contribution in [0, 0.1) is 0 Å². The maximum absolute atomic E-state index is 10.0. The van der Waals surface area contributed by atoms with Crippen molar-refractivity contribution >= 4 is 0 Å². The van der Waals surface area contributed by atoms with E-state index < -0.39 is 12.2 Å². The Morgan fingerprint density at radius 2 is 0.950 bits per heavy atom. The average Bonchev–Trinajstić information content (AvgIpc) is 2.52. The molecule has 0 aliphatic rings. The third-order valence-corrected chi connectivity index (χ3v) is 3.59. The first-order valence-electron chi connectivity index (χ1n) is 7.19. The van der Waals surface area contributed by atoms with E-state index in [2.05, 4.69) is 0 Å². The Morgan fingerprint density at radius 3 is 1.30 bits per heavy atom. The molecule has 2 aromatic carbocycles. The molecule has 2 aromatic rings. The molecule has 0 aliphatic carbocycles. The Morgan fingerprint density at radius 1 is 0.600 bits per heavy atom. The minimum atomic E-state index is -0.654. The molecule has 0 saturated heterocycles. The van der Waals surface area contributed by atoms with Crippen molar-refractivity contribution in [1.29, 1.82) is 0 Å². The Hall–Kier alpha value is -1.64. The second-order valence-electron chi connectivity index (χ2n) is 5.18. The topological polar surface area (TPSA) is 40.5 Å². The van der Waals surface area contributed by atoms with Gasteiger partial charge in [-0.1, -0.05) is 60.7 Å². The predicted octanol–water partition coefficient (Wildman–Crippen LogP) is 2.97. The fourth-order valence-corrected chi connectivity index (χ4v) is 2.30. The van der Waals surface area contributed by atoms with E-state index in [1.807, 2.05) is 60.7 Å². The summed E-state index contributed by atoms with van der Waals surface area (Å²) in [5.74, 6) is 0. The van der Waals surface area contributed by atoms with Crippen molar-refractivity contribution in [3.8, 4) is 0 Å². The van der Waals surface area contributed by atoms with Crippen molar-refractivity contribution in [3.05, 3.63) is 71.8 Å². The van der Waals surface area contributed by atoms with E-state index in [1.54, 1.807) is 0 Å². The van der Waals surface area contributed by atoms with Gasteiger partial charge in [-0.25, -0.2) is 0 Å². The normalized spacial score (nSPS) is 13.9. The van der Waals surface area contributed by atoms with Crippen LogP contribution in [0.1, 0.15) is 24.0 Å². The third-order valence-electron chi connectivity index (χ3n) is 3.59. The molecule has 0 amide bonds. The lowest BCUT2D eigenvalue weighted by Crippen LogP contribution is -2.26. The molecule has 2 atom stereocenters. The number of benzene rings is 2. The zero-order valence-electron chi connectivity index (χ0n) is 11.7. The Kier molecular flexibility index (Phi) is 5.78. The lowest BCUT2D eigenvalue weighted by molar-refractivity contribution is 0.0104. The molecule has 2 heteroatoms. The van der Waals surface area contributed by atoms with Gasteiger partial charge >= 0.3 is 0 Å². The summed E-state index contributed by atoms with van der Waals surface area (Å²) < 4.78 is 0. The monoisotopic (exact) mass is 270 g/mol. The van der Waals surface area contributed by atoms with Crippen molar-refractivity contribution in [2.45, 2.75) is 37.9 Å². The van der Waals surface area contributed by atoms with Gasteiger partial charge in [0.05, 0.1) is 12.2 Å². The number of aryl methyl sites for hydroxylation is 2. The van der Waals surface area contributed by atoms with Gasteiger partial charge in [0, 0.05) is 0 Å². The summed E-state index contributed by atoms with van der Waals surface area (Å²) >= 11 is 0. The highest BCUT2D eigenvalue weighted by Crippen LogP contribution is 2.12. The van der Waals surface area contributed by atoms with Crippen LogP contribution in [0.3, 0.4) is 0 Å². The molecule has 0 aromatic heterocycles. The summed E-state index contributed by atoms with van der Waals surface area (Å²) in [6.45, 7) is 0. The maximum atomic E-state index is 10.0. The highest BCUT2D eigenvalue weighted by atomic mass is 16.3. The SMILES string of the molecule is O[C@H](CCc1ccccc1)[C@@H](O)CCc1ccccc1. The average molecular weight is 270 g/mol. The molecule has 0 spiro atoms. The first-order valence-corrected chi connectivity index (χ1v) is 7.19. The second-order valence-corrected chi connectivity index (χ2v) is 5.18. The summed E-state index contributed by atoms with van der Waals surface area (Å²) in [5.41, 5.74) is 2.39. The van der Waals surface area contributed by atoms with Gasteiger partial charge in [0.15, 0.2) is 0 Å². The Bertz CT molecular complexity index is 434. The number of hydrogen-bond donors (Lipinski definition) is 2. The quantitative estimate of drug-likeness (QED) is 0.812. The van der Waals surface area contributed by atoms with Crippen LogP contribution in [0.5, 0.6) is 0 Å². The lowest BCUT2D eigenvalue weighted by atomic mass is 9.99. The minimum absolute atomic E-state index is 0.597. The minimum Gasteiger partial charge on any atom is -0.390 e. The molecule has 0 fully saturated rings. The summed E-state index contributed by atoms with van der Waals surface area (Å²) in [4.78, 5) is 0. The van der Waals surface area contributed by atoms with Gasteiger partial charge in [-0.2, -0.15) is 0 Å². The van der Waals surface area contributed by atoms with E-state index in [0.29, 0.717) is 12.8 Å². The van der Waals surface area contributed by atoms with Gasteiger partial charge in [0.2, 0.25) is 0 Å². The lowest BCUT2D eigenvalue weighted by Gasteiger charge is -2.17. The molecule has 0 aliphatic heterocycles. The summed E-state index contributed by atoms with van der Waals surface area (Å²) in [6, 6.07) is 20.1. The van der Waals surface area contributed by atoms with Gasteiger partial charge in [-0.15, -0.1) is 0 Å². The molecular weight excluding hydrogens is 248 g/mol. The molecule has 2 nitrogen and oxygen atoms in total. The molecule has 0 unspecified atom stereocenters. The summed E-state index contributed by atoms with van der Waals surface area (Å²) in [6.07, 6.45) is 1.48. The van der Waals surface area contributed by atoms with Crippen molar-refractivity contribution in [2.75, 3.05) is 0 Å². The zero-order valence-corrected chi connectivity index (χ0v) is 11.7. The molecule has 0 saturated carbocycles. The standard InChI is InChI=1S/C18H22O2/c19-17(13-11-15-7-3-1-4-8-15)18(20)14-12-16-9-5-2-6-10-16/h1-10,17-20H,11-14H2/t17-,18+. The fraction of sp³-hybridized carbons (Fsp3) is 0.333. The van der Waals surface area contributed by atoms with Crippen molar-refractivity contribution in [2.24, 2.45) is 0 Å². The Balaban J connectivity index is 1.73. The molecule has 2 rings (SSSR count). The van der Waals surface area contributed by atoms with E-state index >= 15 is 0 Å². The molecule has 20 heavy (non-hydrogen) atoms. The van der Waals surface area contributed by atoms with E-state index in [-0.39, 0.29) is 0 Å². The highest BCUT2D eigenvalue weighted by molar-refractivity contribution is 5.15. The molecule has 0 heterocycles. The van der Waals surface area contributed by atoms with Crippen molar-refractivity contribution < 1.29 is 10.2 Å². The van der Waals surface area contributed by atoms with Crippen LogP contribution in [-0.4, -0.2) is 22.4 Å². The van der Waals surface area contributed by atoms with Crippen LogP contribution in [0.15, 0.2) is 60.7 Å². The van der Waals surface area contributed by atoms with Gasteiger partial charge in [0.1, 0.15) is 0 Å². The predicted molar refractivity (Wildman–Crippen MR) is 81.5 cm³/mol. The molecule has 0 bridgehead atoms. The molecule has 2 N–H and O–H groups in total. The van der Waals surface area contributed by atoms with Crippen LogP contribution in [0.4, 0.5) is 0 Å². The summed E-state index contributed by atoms with van der Waals surface area (Å²) in [7, 11) is 0. The third kappa shape index (κ3) is 4.80. The van der Waals surface area contributed by atoms with Gasteiger partial charge in [-0.3, -0.25) is 0 Å². The number of rotatable bonds is 7. The van der Waals surface area contributed by atoms with E-state index in [1.165, 1.54) is 11.1 Å². The van der Waals surface area contributed by atoms with Crippen molar-refractivity contribution in [3.63, 3.8) is 0 Å². The van der Waals surface area contributed by atoms with Crippen molar-refractivity contribution in [1.82, 2.24) is 0 Å². The fourth-order valence-electron chi connectivity index (χ4n) is 2.30. The first-order chi connectivity index (χ1) is 9.75. The van der Waals surface area contributed by atoms with Crippen LogP contribution < -0.4 is 0 Å².